The predicted molar refractivity (Wildman–Crippen MR) is 82.1 cm³/mol. The minimum Gasteiger partial charge on any atom is -0.374 e. The minimum absolute atomic E-state index is 0.0237. The van der Waals surface area contributed by atoms with Crippen LogP contribution in [0, 0.1) is 0 Å². The number of nitrogens with two attached hydrogens (primary N) is 1. The third-order valence-electron chi connectivity index (χ3n) is 4.41. The Bertz CT molecular complexity index is 504. The van der Waals surface area contributed by atoms with Crippen LogP contribution in [0.2, 0.25) is 0 Å². The summed E-state index contributed by atoms with van der Waals surface area (Å²) in [6.07, 6.45) is 4.71. The molecule has 0 radical (unpaired) electrons. The number of benzene rings is 1. The maximum Gasteiger partial charge on any atom is 0.322 e. The number of rotatable bonds is 2. The van der Waals surface area contributed by atoms with Crippen LogP contribution in [0.4, 0.5) is 10.5 Å². The van der Waals surface area contributed by atoms with E-state index in [2.05, 4.69) is 5.32 Å². The molecule has 2 fully saturated rings. The highest BCUT2D eigenvalue weighted by atomic mass is 16.5. The molecule has 3 N–H and O–H groups in total. The van der Waals surface area contributed by atoms with E-state index in [9.17, 15) is 4.79 Å². The summed E-state index contributed by atoms with van der Waals surface area (Å²) in [4.78, 5) is 14.5. The first-order chi connectivity index (χ1) is 10.3. The molecule has 2 unspecified atom stereocenters. The van der Waals surface area contributed by atoms with Gasteiger partial charge in [-0.25, -0.2) is 4.79 Å². The Hall–Kier alpha value is -1.59. The van der Waals surface area contributed by atoms with Crippen LogP contribution >= 0.6 is 0 Å². The maximum atomic E-state index is 12.6. The van der Waals surface area contributed by atoms with E-state index in [1.54, 1.807) is 0 Å². The van der Waals surface area contributed by atoms with Crippen molar-refractivity contribution < 1.29 is 9.53 Å². The Balaban J connectivity index is 1.68. The number of fused-ring (bicyclic) bond motifs is 1. The van der Waals surface area contributed by atoms with Crippen molar-refractivity contribution in [3.05, 3.63) is 29.8 Å². The van der Waals surface area contributed by atoms with Crippen LogP contribution in [-0.2, 0) is 11.3 Å². The highest BCUT2D eigenvalue weighted by molar-refractivity contribution is 5.89. The SMILES string of the molecule is NCc1cccc(NC(=O)N2CCOC3CCCCC32)c1. The molecule has 1 aliphatic heterocycles. The van der Waals surface area contributed by atoms with Crippen molar-refractivity contribution in [1.82, 2.24) is 4.90 Å². The van der Waals surface area contributed by atoms with Crippen LogP contribution in [0.15, 0.2) is 24.3 Å². The average molecular weight is 289 g/mol. The Kier molecular flexibility index (Phi) is 4.41. The second-order valence-corrected chi connectivity index (χ2v) is 5.79. The Labute approximate surface area is 125 Å². The van der Waals surface area contributed by atoms with Crippen LogP contribution < -0.4 is 11.1 Å². The number of carbonyl (C=O) groups is 1. The van der Waals surface area contributed by atoms with E-state index in [0.29, 0.717) is 19.7 Å². The molecule has 1 aromatic rings. The summed E-state index contributed by atoms with van der Waals surface area (Å²) >= 11 is 0. The Morgan fingerprint density at radius 1 is 1.38 bits per heavy atom. The number of nitrogens with zero attached hydrogens (tertiary/aromatic N) is 1. The summed E-state index contributed by atoms with van der Waals surface area (Å²) in [5, 5.41) is 3.00. The number of morpholine rings is 1. The highest BCUT2D eigenvalue weighted by Gasteiger charge is 2.36. The molecule has 5 nitrogen and oxygen atoms in total. The molecule has 1 aromatic carbocycles. The van der Waals surface area contributed by atoms with E-state index in [-0.39, 0.29) is 18.2 Å². The molecule has 114 valence electrons. The van der Waals surface area contributed by atoms with Crippen molar-refractivity contribution in [3.8, 4) is 0 Å². The van der Waals surface area contributed by atoms with Gasteiger partial charge < -0.3 is 20.7 Å². The molecule has 1 saturated carbocycles. The third-order valence-corrected chi connectivity index (χ3v) is 4.41. The zero-order chi connectivity index (χ0) is 14.7. The molecule has 2 aliphatic rings. The molecule has 0 aromatic heterocycles. The molecule has 21 heavy (non-hydrogen) atoms. The fourth-order valence-electron chi connectivity index (χ4n) is 3.32. The first-order valence-electron chi connectivity index (χ1n) is 7.76. The molecular weight excluding hydrogens is 266 g/mol. The number of ether oxygens (including phenoxy) is 1. The van der Waals surface area contributed by atoms with Crippen LogP contribution in [0.5, 0.6) is 0 Å². The number of hydrogen-bond donors (Lipinski definition) is 2. The van der Waals surface area contributed by atoms with E-state index >= 15 is 0 Å². The van der Waals surface area contributed by atoms with Gasteiger partial charge in [-0.2, -0.15) is 0 Å². The van der Waals surface area contributed by atoms with Crippen molar-refractivity contribution in [2.45, 2.75) is 44.4 Å². The minimum atomic E-state index is -0.0237. The van der Waals surface area contributed by atoms with Crippen LogP contribution in [0.1, 0.15) is 31.2 Å². The zero-order valence-corrected chi connectivity index (χ0v) is 12.3. The maximum absolute atomic E-state index is 12.6. The standard InChI is InChI=1S/C16H23N3O2/c17-11-12-4-3-5-13(10-12)18-16(20)19-8-9-21-15-7-2-1-6-14(15)19/h3-5,10,14-15H,1-2,6-9,11,17H2,(H,18,20). The van der Waals surface area contributed by atoms with E-state index < -0.39 is 0 Å². The van der Waals surface area contributed by atoms with Gasteiger partial charge in [0.25, 0.3) is 0 Å². The van der Waals surface area contributed by atoms with E-state index in [4.69, 9.17) is 10.5 Å². The van der Waals surface area contributed by atoms with Gasteiger partial charge in [-0.15, -0.1) is 0 Å². The van der Waals surface area contributed by atoms with Gasteiger partial charge in [0.05, 0.1) is 18.8 Å². The molecule has 1 saturated heterocycles. The summed E-state index contributed by atoms with van der Waals surface area (Å²) in [6.45, 7) is 1.78. The Morgan fingerprint density at radius 2 is 2.24 bits per heavy atom. The fourth-order valence-corrected chi connectivity index (χ4v) is 3.32. The molecule has 0 spiro atoms. The second kappa shape index (κ2) is 6.45. The van der Waals surface area contributed by atoms with Gasteiger partial charge in [0, 0.05) is 18.8 Å². The second-order valence-electron chi connectivity index (χ2n) is 5.79. The topological polar surface area (TPSA) is 67.6 Å². The third kappa shape index (κ3) is 3.19. The van der Waals surface area contributed by atoms with Gasteiger partial charge in [-0.1, -0.05) is 25.0 Å². The molecule has 1 aliphatic carbocycles. The lowest BCUT2D eigenvalue weighted by Gasteiger charge is -2.43. The smallest absolute Gasteiger partial charge is 0.322 e. The monoisotopic (exact) mass is 289 g/mol. The van der Waals surface area contributed by atoms with Crippen LogP contribution in [-0.4, -0.2) is 36.2 Å². The summed E-state index contributed by atoms with van der Waals surface area (Å²) < 4.78 is 5.81. The van der Waals surface area contributed by atoms with Crippen molar-refractivity contribution in [3.63, 3.8) is 0 Å². The van der Waals surface area contributed by atoms with E-state index in [1.165, 1.54) is 12.8 Å². The number of urea groups is 1. The van der Waals surface area contributed by atoms with Gasteiger partial charge in [-0.05, 0) is 30.5 Å². The van der Waals surface area contributed by atoms with Gasteiger partial charge in [0.1, 0.15) is 0 Å². The molecule has 5 heteroatoms. The Morgan fingerprint density at radius 3 is 3.10 bits per heavy atom. The van der Waals surface area contributed by atoms with Gasteiger partial charge in [-0.3, -0.25) is 0 Å². The van der Waals surface area contributed by atoms with Gasteiger partial charge in [0.15, 0.2) is 0 Å². The molecule has 0 bridgehead atoms. The first kappa shape index (κ1) is 14.4. The fraction of sp³-hybridized carbons (Fsp3) is 0.562. The zero-order valence-electron chi connectivity index (χ0n) is 12.3. The highest BCUT2D eigenvalue weighted by Crippen LogP contribution is 2.28. The molecule has 2 atom stereocenters. The van der Waals surface area contributed by atoms with E-state index in [0.717, 1.165) is 24.1 Å². The largest absolute Gasteiger partial charge is 0.374 e. The molecule has 1 heterocycles. The van der Waals surface area contributed by atoms with Crippen LogP contribution in [0.3, 0.4) is 0 Å². The van der Waals surface area contributed by atoms with Crippen molar-refractivity contribution in [2.75, 3.05) is 18.5 Å². The van der Waals surface area contributed by atoms with E-state index in [1.807, 2.05) is 29.2 Å². The molecule has 2 amide bonds. The molecule has 3 rings (SSSR count). The number of anilines is 1. The normalized spacial score (nSPS) is 25.3. The summed E-state index contributed by atoms with van der Waals surface area (Å²) in [7, 11) is 0. The van der Waals surface area contributed by atoms with Crippen molar-refractivity contribution in [2.24, 2.45) is 5.73 Å². The lowest BCUT2D eigenvalue weighted by molar-refractivity contribution is -0.0694. The number of amides is 2. The summed E-state index contributed by atoms with van der Waals surface area (Å²) in [5.74, 6) is 0. The summed E-state index contributed by atoms with van der Waals surface area (Å²) in [5.41, 5.74) is 7.47. The first-order valence-corrected chi connectivity index (χ1v) is 7.76. The predicted octanol–water partition coefficient (Wildman–Crippen LogP) is 2.32. The van der Waals surface area contributed by atoms with Crippen molar-refractivity contribution >= 4 is 11.7 Å². The van der Waals surface area contributed by atoms with Crippen molar-refractivity contribution in [1.29, 1.82) is 0 Å². The van der Waals surface area contributed by atoms with Gasteiger partial charge >= 0.3 is 6.03 Å². The molecular formula is C16H23N3O2. The quantitative estimate of drug-likeness (QED) is 0.878. The lowest BCUT2D eigenvalue weighted by Crippen LogP contribution is -2.55. The number of hydrogen-bond acceptors (Lipinski definition) is 3. The van der Waals surface area contributed by atoms with Gasteiger partial charge in [0.2, 0.25) is 0 Å². The van der Waals surface area contributed by atoms with Crippen LogP contribution in [0.25, 0.3) is 0 Å². The lowest BCUT2D eigenvalue weighted by atomic mass is 9.90. The number of nitrogens with one attached hydrogen (secondary N) is 1. The average Bonchev–Trinajstić information content (AvgIpc) is 2.54. The summed E-state index contributed by atoms with van der Waals surface area (Å²) in [6, 6.07) is 7.91. The number of carbonyl (C=O) groups excluding carboxylic acids is 1.